The molecule has 2 rings (SSSR count). The Bertz CT molecular complexity index is 610. The average molecular weight is 395 g/mol. The molecule has 0 aromatic heterocycles. The Hall–Kier alpha value is -1.56. The standard InChI is InChI=1S/C17H18INO2/c1-3-12(2)21-16-6-4-5-15(11-16)19-17(20)13-7-9-14(18)10-8-13/h4-12H,3H2,1-2H3,(H,19,20). The number of anilines is 1. The van der Waals surface area contributed by atoms with E-state index in [1.54, 1.807) is 0 Å². The number of carbonyl (C=O) groups is 1. The molecule has 0 saturated carbocycles. The van der Waals surface area contributed by atoms with Crippen molar-refractivity contribution in [2.75, 3.05) is 5.32 Å². The van der Waals surface area contributed by atoms with Crippen LogP contribution in [0.25, 0.3) is 0 Å². The van der Waals surface area contributed by atoms with Gasteiger partial charge in [0.05, 0.1) is 6.10 Å². The normalized spacial score (nSPS) is 11.8. The summed E-state index contributed by atoms with van der Waals surface area (Å²) >= 11 is 2.21. The highest BCUT2D eigenvalue weighted by Gasteiger charge is 2.07. The van der Waals surface area contributed by atoms with Gasteiger partial charge in [0.2, 0.25) is 0 Å². The van der Waals surface area contributed by atoms with Crippen LogP contribution in [0.2, 0.25) is 0 Å². The molecule has 1 unspecified atom stereocenters. The van der Waals surface area contributed by atoms with E-state index >= 15 is 0 Å². The van der Waals surface area contributed by atoms with Gasteiger partial charge in [-0.05, 0) is 72.3 Å². The van der Waals surface area contributed by atoms with Crippen molar-refractivity contribution in [2.45, 2.75) is 26.4 Å². The molecule has 0 aliphatic carbocycles. The van der Waals surface area contributed by atoms with Gasteiger partial charge in [-0.25, -0.2) is 0 Å². The highest BCUT2D eigenvalue weighted by atomic mass is 127. The average Bonchev–Trinajstić information content (AvgIpc) is 2.48. The van der Waals surface area contributed by atoms with E-state index in [2.05, 4.69) is 34.8 Å². The molecule has 21 heavy (non-hydrogen) atoms. The first-order valence-corrected chi connectivity index (χ1v) is 8.00. The van der Waals surface area contributed by atoms with Crippen LogP contribution in [0.4, 0.5) is 5.69 Å². The molecular weight excluding hydrogens is 377 g/mol. The summed E-state index contributed by atoms with van der Waals surface area (Å²) in [4.78, 5) is 12.2. The quantitative estimate of drug-likeness (QED) is 0.744. The Kier molecular flexibility index (Phi) is 5.61. The minimum atomic E-state index is -0.118. The lowest BCUT2D eigenvalue weighted by atomic mass is 10.2. The number of halogens is 1. The van der Waals surface area contributed by atoms with Gasteiger partial charge in [-0.15, -0.1) is 0 Å². The Morgan fingerprint density at radius 2 is 1.95 bits per heavy atom. The molecule has 0 radical (unpaired) electrons. The Morgan fingerprint density at radius 3 is 2.62 bits per heavy atom. The fourth-order valence-corrected chi connectivity index (χ4v) is 2.13. The molecule has 1 amide bonds. The fraction of sp³-hybridized carbons (Fsp3) is 0.235. The maximum Gasteiger partial charge on any atom is 0.255 e. The van der Waals surface area contributed by atoms with Crippen LogP contribution < -0.4 is 10.1 Å². The SMILES string of the molecule is CCC(C)Oc1cccc(NC(=O)c2ccc(I)cc2)c1. The minimum absolute atomic E-state index is 0.118. The first kappa shape index (κ1) is 15.8. The molecule has 0 aliphatic rings. The van der Waals surface area contributed by atoms with Gasteiger partial charge in [-0.3, -0.25) is 4.79 Å². The highest BCUT2D eigenvalue weighted by molar-refractivity contribution is 14.1. The minimum Gasteiger partial charge on any atom is -0.491 e. The molecule has 0 aliphatic heterocycles. The molecular formula is C17H18INO2. The largest absolute Gasteiger partial charge is 0.491 e. The molecule has 2 aromatic carbocycles. The monoisotopic (exact) mass is 395 g/mol. The molecule has 4 heteroatoms. The zero-order chi connectivity index (χ0) is 15.2. The first-order valence-electron chi connectivity index (χ1n) is 6.92. The van der Waals surface area contributed by atoms with E-state index in [4.69, 9.17) is 4.74 Å². The maximum atomic E-state index is 12.2. The molecule has 0 spiro atoms. The molecule has 1 atom stereocenters. The Morgan fingerprint density at radius 1 is 1.24 bits per heavy atom. The van der Waals surface area contributed by atoms with Gasteiger partial charge < -0.3 is 10.1 Å². The zero-order valence-corrected chi connectivity index (χ0v) is 14.3. The Balaban J connectivity index is 2.07. The summed E-state index contributed by atoms with van der Waals surface area (Å²) in [5, 5.41) is 2.89. The second-order valence-corrected chi connectivity index (χ2v) is 6.07. The third-order valence-electron chi connectivity index (χ3n) is 3.11. The summed E-state index contributed by atoms with van der Waals surface area (Å²) in [6.45, 7) is 4.10. The summed E-state index contributed by atoms with van der Waals surface area (Å²) in [5.74, 6) is 0.650. The van der Waals surface area contributed by atoms with E-state index in [0.717, 1.165) is 21.4 Å². The van der Waals surface area contributed by atoms with E-state index in [0.29, 0.717) is 5.56 Å². The smallest absolute Gasteiger partial charge is 0.255 e. The molecule has 3 nitrogen and oxygen atoms in total. The van der Waals surface area contributed by atoms with Gasteiger partial charge in [-0.1, -0.05) is 13.0 Å². The number of benzene rings is 2. The molecule has 110 valence electrons. The molecule has 1 N–H and O–H groups in total. The predicted octanol–water partition coefficient (Wildman–Crippen LogP) is 4.72. The van der Waals surface area contributed by atoms with Crippen molar-refractivity contribution in [1.82, 2.24) is 0 Å². The van der Waals surface area contributed by atoms with E-state index in [1.807, 2.05) is 55.5 Å². The van der Waals surface area contributed by atoms with Crippen molar-refractivity contribution in [3.05, 3.63) is 57.7 Å². The van der Waals surface area contributed by atoms with Crippen molar-refractivity contribution < 1.29 is 9.53 Å². The number of rotatable bonds is 5. The number of nitrogens with one attached hydrogen (secondary N) is 1. The highest BCUT2D eigenvalue weighted by Crippen LogP contribution is 2.20. The Labute approximate surface area is 138 Å². The van der Waals surface area contributed by atoms with Crippen LogP contribution in [0, 0.1) is 3.57 Å². The van der Waals surface area contributed by atoms with Gasteiger partial charge >= 0.3 is 0 Å². The summed E-state index contributed by atoms with van der Waals surface area (Å²) < 4.78 is 6.86. The van der Waals surface area contributed by atoms with Crippen LogP contribution in [0.5, 0.6) is 5.75 Å². The van der Waals surface area contributed by atoms with E-state index in [-0.39, 0.29) is 12.0 Å². The van der Waals surface area contributed by atoms with Crippen LogP contribution in [0.15, 0.2) is 48.5 Å². The first-order chi connectivity index (χ1) is 10.1. The summed E-state index contributed by atoms with van der Waals surface area (Å²) in [7, 11) is 0. The second kappa shape index (κ2) is 7.45. The molecule has 0 bridgehead atoms. The number of ether oxygens (including phenoxy) is 1. The lowest BCUT2D eigenvalue weighted by Crippen LogP contribution is -2.13. The van der Waals surface area contributed by atoms with Crippen molar-refractivity contribution in [2.24, 2.45) is 0 Å². The molecule has 0 saturated heterocycles. The molecule has 0 heterocycles. The summed E-state index contributed by atoms with van der Waals surface area (Å²) in [6.07, 6.45) is 1.10. The van der Waals surface area contributed by atoms with Gasteiger partial charge in [0.15, 0.2) is 0 Å². The van der Waals surface area contributed by atoms with Crippen molar-refractivity contribution in [3.8, 4) is 5.75 Å². The van der Waals surface area contributed by atoms with Crippen molar-refractivity contribution in [1.29, 1.82) is 0 Å². The summed E-state index contributed by atoms with van der Waals surface area (Å²) in [6, 6.07) is 14.9. The number of carbonyl (C=O) groups excluding carboxylic acids is 1. The van der Waals surface area contributed by atoms with Crippen LogP contribution in [-0.4, -0.2) is 12.0 Å². The van der Waals surface area contributed by atoms with E-state index in [1.165, 1.54) is 0 Å². The van der Waals surface area contributed by atoms with Crippen molar-refractivity contribution >= 4 is 34.2 Å². The predicted molar refractivity (Wildman–Crippen MR) is 93.9 cm³/mol. The van der Waals surface area contributed by atoms with Crippen LogP contribution in [0.1, 0.15) is 30.6 Å². The maximum absolute atomic E-state index is 12.2. The van der Waals surface area contributed by atoms with E-state index in [9.17, 15) is 4.79 Å². The number of amides is 1. The number of hydrogen-bond acceptors (Lipinski definition) is 2. The van der Waals surface area contributed by atoms with Crippen LogP contribution in [-0.2, 0) is 0 Å². The van der Waals surface area contributed by atoms with Gasteiger partial charge in [0.25, 0.3) is 5.91 Å². The molecule has 0 fully saturated rings. The topological polar surface area (TPSA) is 38.3 Å². The van der Waals surface area contributed by atoms with Crippen molar-refractivity contribution in [3.63, 3.8) is 0 Å². The summed E-state index contributed by atoms with van der Waals surface area (Å²) in [5.41, 5.74) is 1.38. The lowest BCUT2D eigenvalue weighted by molar-refractivity contribution is 0.102. The third kappa shape index (κ3) is 4.74. The van der Waals surface area contributed by atoms with Crippen LogP contribution >= 0.6 is 22.6 Å². The third-order valence-corrected chi connectivity index (χ3v) is 3.83. The zero-order valence-electron chi connectivity index (χ0n) is 12.1. The van der Waals surface area contributed by atoms with Gasteiger partial charge in [-0.2, -0.15) is 0 Å². The van der Waals surface area contributed by atoms with Gasteiger partial charge in [0.1, 0.15) is 5.75 Å². The fourth-order valence-electron chi connectivity index (χ4n) is 1.77. The van der Waals surface area contributed by atoms with Gasteiger partial charge in [0, 0.05) is 20.9 Å². The lowest BCUT2D eigenvalue weighted by Gasteiger charge is -2.13. The second-order valence-electron chi connectivity index (χ2n) is 4.83. The van der Waals surface area contributed by atoms with E-state index < -0.39 is 0 Å². The molecule has 2 aromatic rings. The number of hydrogen-bond donors (Lipinski definition) is 1. The van der Waals surface area contributed by atoms with Crippen LogP contribution in [0.3, 0.4) is 0 Å².